The first-order chi connectivity index (χ1) is 15.8. The van der Waals surface area contributed by atoms with Gasteiger partial charge in [0.15, 0.2) is 5.13 Å². The monoisotopic (exact) mass is 470 g/mol. The van der Waals surface area contributed by atoms with Crippen LogP contribution in [0.25, 0.3) is 0 Å². The summed E-state index contributed by atoms with van der Waals surface area (Å²) in [5.41, 5.74) is 2.29. The fourth-order valence-electron chi connectivity index (χ4n) is 4.02. The molecule has 1 aromatic heterocycles. The number of benzene rings is 1. The molecule has 2 heterocycles. The van der Waals surface area contributed by atoms with Crippen molar-refractivity contribution in [2.45, 2.75) is 58.3 Å². The summed E-state index contributed by atoms with van der Waals surface area (Å²) >= 11 is 1.28. The summed E-state index contributed by atoms with van der Waals surface area (Å²) in [6.45, 7) is 7.01. The number of nitrogens with one attached hydrogen (secondary N) is 1. The number of ether oxygens (including phenoxy) is 1. The predicted molar refractivity (Wildman–Crippen MR) is 126 cm³/mol. The molecule has 1 aromatic carbocycles. The van der Waals surface area contributed by atoms with Crippen molar-refractivity contribution in [3.8, 4) is 0 Å². The van der Waals surface area contributed by atoms with E-state index in [4.69, 9.17) is 4.74 Å². The molecular weight excluding hydrogens is 440 g/mol. The molecule has 33 heavy (non-hydrogen) atoms. The molecule has 0 bridgehead atoms. The number of aryl methyl sites for hydroxylation is 1. The van der Waals surface area contributed by atoms with Gasteiger partial charge in [-0.3, -0.25) is 14.4 Å². The van der Waals surface area contributed by atoms with Gasteiger partial charge in [0.05, 0.1) is 24.3 Å². The lowest BCUT2D eigenvalue weighted by atomic mass is 10.1. The molecule has 1 aliphatic carbocycles. The molecule has 1 N–H and O–H groups in total. The minimum absolute atomic E-state index is 0.00350. The highest BCUT2D eigenvalue weighted by molar-refractivity contribution is 7.13. The molecule has 0 spiro atoms. The van der Waals surface area contributed by atoms with Crippen LogP contribution in [0.4, 0.5) is 5.13 Å². The fourth-order valence-corrected chi connectivity index (χ4v) is 4.75. The zero-order chi connectivity index (χ0) is 23.5. The third-order valence-electron chi connectivity index (χ3n) is 5.76. The topological polar surface area (TPSA) is 91.8 Å². The first-order valence-corrected chi connectivity index (χ1v) is 12.2. The number of hydrogen-bond donors (Lipinski definition) is 1. The van der Waals surface area contributed by atoms with Gasteiger partial charge < -0.3 is 19.9 Å². The molecule has 2 atom stereocenters. The molecule has 176 valence electrons. The van der Waals surface area contributed by atoms with Gasteiger partial charge in [0.1, 0.15) is 6.54 Å². The maximum atomic E-state index is 12.9. The molecule has 2 aromatic rings. The first-order valence-electron chi connectivity index (χ1n) is 11.3. The van der Waals surface area contributed by atoms with Gasteiger partial charge in [0.25, 0.3) is 5.91 Å². The van der Waals surface area contributed by atoms with Crippen LogP contribution in [0, 0.1) is 6.92 Å². The first kappa shape index (κ1) is 23.4. The summed E-state index contributed by atoms with van der Waals surface area (Å²) in [5.74, 6) is -0.416. The van der Waals surface area contributed by atoms with Crippen LogP contribution >= 0.6 is 11.3 Å². The molecule has 2 aliphatic rings. The highest BCUT2D eigenvalue weighted by atomic mass is 32.1. The van der Waals surface area contributed by atoms with Crippen molar-refractivity contribution < 1.29 is 19.1 Å². The standard InChI is InChI=1S/C24H30N4O4S/c1-15-4-6-18(7-5-15)23(31)28(20-8-9-20)13-21(29)26-24-25-19(14-33-24)10-22(30)27-11-16(2)32-17(3)12-27/h4-7,14,16-17,20H,8-13H2,1-3H3,(H,25,26,29). The Morgan fingerprint density at radius 3 is 2.45 bits per heavy atom. The predicted octanol–water partition coefficient (Wildman–Crippen LogP) is 2.87. The van der Waals surface area contributed by atoms with Crippen LogP contribution in [0.1, 0.15) is 48.3 Å². The number of nitrogens with zero attached hydrogens (tertiary/aromatic N) is 3. The second kappa shape index (κ2) is 10.0. The Kier molecular flexibility index (Phi) is 7.09. The van der Waals surface area contributed by atoms with Gasteiger partial charge >= 0.3 is 0 Å². The second-order valence-corrected chi connectivity index (χ2v) is 9.81. The lowest BCUT2D eigenvalue weighted by Crippen LogP contribution is -2.48. The Morgan fingerprint density at radius 2 is 1.82 bits per heavy atom. The summed E-state index contributed by atoms with van der Waals surface area (Å²) in [4.78, 5) is 46.1. The minimum atomic E-state index is -0.287. The van der Waals surface area contributed by atoms with Crippen LogP contribution in [-0.4, -0.2) is 70.4 Å². The molecule has 1 aliphatic heterocycles. The minimum Gasteiger partial charge on any atom is -0.372 e. The van der Waals surface area contributed by atoms with E-state index in [1.54, 1.807) is 27.3 Å². The smallest absolute Gasteiger partial charge is 0.254 e. The Balaban J connectivity index is 1.32. The summed E-state index contributed by atoms with van der Waals surface area (Å²) in [6.07, 6.45) is 2.03. The summed E-state index contributed by atoms with van der Waals surface area (Å²) in [5, 5.41) is 5.01. The molecule has 8 nitrogen and oxygen atoms in total. The van der Waals surface area contributed by atoms with Gasteiger partial charge in [-0.25, -0.2) is 4.98 Å². The number of rotatable bonds is 7. The van der Waals surface area contributed by atoms with Gasteiger partial charge in [-0.1, -0.05) is 17.7 Å². The van der Waals surface area contributed by atoms with Crippen LogP contribution in [0.15, 0.2) is 29.6 Å². The zero-order valence-corrected chi connectivity index (χ0v) is 20.1. The number of aromatic nitrogens is 1. The molecule has 4 rings (SSSR count). The molecule has 2 fully saturated rings. The molecule has 1 saturated heterocycles. The van der Waals surface area contributed by atoms with E-state index in [2.05, 4.69) is 10.3 Å². The van der Waals surface area contributed by atoms with E-state index in [-0.39, 0.29) is 48.9 Å². The van der Waals surface area contributed by atoms with E-state index in [1.165, 1.54) is 11.3 Å². The lowest BCUT2D eigenvalue weighted by molar-refractivity contribution is -0.142. The zero-order valence-electron chi connectivity index (χ0n) is 19.2. The number of thiazole rings is 1. The summed E-state index contributed by atoms with van der Waals surface area (Å²) in [6, 6.07) is 7.49. The maximum Gasteiger partial charge on any atom is 0.254 e. The van der Waals surface area contributed by atoms with Crippen LogP contribution in [0.5, 0.6) is 0 Å². The quantitative estimate of drug-likeness (QED) is 0.672. The van der Waals surface area contributed by atoms with E-state index < -0.39 is 0 Å². The Morgan fingerprint density at radius 1 is 1.15 bits per heavy atom. The van der Waals surface area contributed by atoms with Crippen molar-refractivity contribution in [3.63, 3.8) is 0 Å². The van der Waals surface area contributed by atoms with Crippen molar-refractivity contribution in [3.05, 3.63) is 46.5 Å². The van der Waals surface area contributed by atoms with E-state index in [1.807, 2.05) is 32.9 Å². The Bertz CT molecular complexity index is 1010. The highest BCUT2D eigenvalue weighted by Crippen LogP contribution is 2.28. The summed E-state index contributed by atoms with van der Waals surface area (Å²) < 4.78 is 5.68. The third kappa shape index (κ3) is 6.17. The maximum absolute atomic E-state index is 12.9. The van der Waals surface area contributed by atoms with E-state index in [0.717, 1.165) is 18.4 Å². The van der Waals surface area contributed by atoms with E-state index in [9.17, 15) is 14.4 Å². The largest absolute Gasteiger partial charge is 0.372 e. The number of carbonyl (C=O) groups is 3. The van der Waals surface area contributed by atoms with Crippen molar-refractivity contribution in [2.24, 2.45) is 0 Å². The van der Waals surface area contributed by atoms with Gasteiger partial charge in [-0.2, -0.15) is 0 Å². The number of morpholine rings is 1. The van der Waals surface area contributed by atoms with Crippen molar-refractivity contribution in [2.75, 3.05) is 25.0 Å². The molecule has 1 saturated carbocycles. The van der Waals surface area contributed by atoms with Gasteiger partial charge in [0, 0.05) is 30.1 Å². The van der Waals surface area contributed by atoms with Crippen LogP contribution < -0.4 is 5.32 Å². The van der Waals surface area contributed by atoms with Gasteiger partial charge in [-0.05, 0) is 45.7 Å². The second-order valence-electron chi connectivity index (χ2n) is 8.96. The highest BCUT2D eigenvalue weighted by Gasteiger charge is 2.34. The molecule has 3 amide bonds. The normalized spacial score (nSPS) is 20.4. The van der Waals surface area contributed by atoms with Crippen molar-refractivity contribution >= 4 is 34.2 Å². The van der Waals surface area contributed by atoms with Crippen LogP contribution in [-0.2, 0) is 20.7 Å². The number of hydrogen-bond acceptors (Lipinski definition) is 6. The average Bonchev–Trinajstić information content (AvgIpc) is 3.52. The van der Waals surface area contributed by atoms with Crippen molar-refractivity contribution in [1.82, 2.24) is 14.8 Å². The van der Waals surface area contributed by atoms with Crippen molar-refractivity contribution in [1.29, 1.82) is 0 Å². The van der Waals surface area contributed by atoms with E-state index >= 15 is 0 Å². The SMILES string of the molecule is Cc1ccc(C(=O)N(CC(=O)Nc2nc(CC(=O)N3CC(C)OC(C)C3)cs2)C2CC2)cc1. The van der Waals surface area contributed by atoms with E-state index in [0.29, 0.717) is 29.5 Å². The third-order valence-corrected chi connectivity index (χ3v) is 6.57. The number of amides is 3. The number of carbonyl (C=O) groups excluding carboxylic acids is 3. The molecule has 9 heteroatoms. The molecular formula is C24H30N4O4S. The van der Waals surface area contributed by atoms with Gasteiger partial charge in [0.2, 0.25) is 11.8 Å². The van der Waals surface area contributed by atoms with Gasteiger partial charge in [-0.15, -0.1) is 11.3 Å². The number of anilines is 1. The molecule has 2 unspecified atom stereocenters. The lowest BCUT2D eigenvalue weighted by Gasteiger charge is -2.35. The average molecular weight is 471 g/mol. The molecule has 0 radical (unpaired) electrons. The fraction of sp³-hybridized carbons (Fsp3) is 0.500. The Hall–Kier alpha value is -2.78. The Labute approximate surface area is 197 Å². The summed E-state index contributed by atoms with van der Waals surface area (Å²) in [7, 11) is 0. The van der Waals surface area contributed by atoms with Crippen LogP contribution in [0.3, 0.4) is 0 Å². The van der Waals surface area contributed by atoms with Crippen LogP contribution in [0.2, 0.25) is 0 Å².